The Morgan fingerprint density at radius 2 is 1.84 bits per heavy atom. The Balaban J connectivity index is 1.70. The third-order valence-electron chi connectivity index (χ3n) is 4.00. The molecule has 0 aliphatic carbocycles. The Hall–Kier alpha value is -1.29. The summed E-state index contributed by atoms with van der Waals surface area (Å²) in [5.41, 5.74) is 0.367. The van der Waals surface area contributed by atoms with Gasteiger partial charge in [0.2, 0.25) is 0 Å². The van der Waals surface area contributed by atoms with Crippen molar-refractivity contribution in [3.63, 3.8) is 0 Å². The van der Waals surface area contributed by atoms with Crippen LogP contribution >= 0.6 is 27.3 Å². The number of carbonyl (C=O) groups is 1. The molecule has 0 radical (unpaired) electrons. The van der Waals surface area contributed by atoms with Crippen LogP contribution in [-0.2, 0) is 10.0 Å². The lowest BCUT2D eigenvalue weighted by Gasteiger charge is -2.33. The second-order valence-corrected chi connectivity index (χ2v) is 9.99. The quantitative estimate of drug-likeness (QED) is 0.727. The fourth-order valence-corrected chi connectivity index (χ4v) is 6.02. The first-order valence-electron chi connectivity index (χ1n) is 7.60. The van der Waals surface area contributed by atoms with E-state index in [9.17, 15) is 17.6 Å². The number of carbonyl (C=O) groups excluding carboxylic acids is 1. The number of thiophene rings is 1. The van der Waals surface area contributed by atoms with E-state index >= 15 is 0 Å². The van der Waals surface area contributed by atoms with Crippen molar-refractivity contribution in [2.45, 2.75) is 11.1 Å². The number of piperazine rings is 1. The second kappa shape index (κ2) is 7.14. The van der Waals surface area contributed by atoms with E-state index < -0.39 is 15.8 Å². The summed E-state index contributed by atoms with van der Waals surface area (Å²) in [6.45, 7) is 2.94. The van der Waals surface area contributed by atoms with Gasteiger partial charge in [-0.05, 0) is 53.2 Å². The van der Waals surface area contributed by atoms with Crippen molar-refractivity contribution in [2.24, 2.45) is 0 Å². The highest BCUT2D eigenvalue weighted by atomic mass is 79.9. The summed E-state index contributed by atoms with van der Waals surface area (Å²) in [5.74, 6) is -0.665. The zero-order valence-electron chi connectivity index (χ0n) is 13.4. The molecule has 1 aliphatic rings. The van der Waals surface area contributed by atoms with E-state index in [1.54, 1.807) is 17.0 Å². The predicted molar refractivity (Wildman–Crippen MR) is 97.8 cm³/mol. The molecule has 9 heteroatoms. The smallest absolute Gasteiger partial charge is 0.255 e. The molecule has 0 N–H and O–H groups in total. The van der Waals surface area contributed by atoms with Crippen molar-refractivity contribution in [1.82, 2.24) is 9.21 Å². The van der Waals surface area contributed by atoms with Crippen LogP contribution in [0.3, 0.4) is 0 Å². The molecule has 1 fully saturated rings. The summed E-state index contributed by atoms with van der Waals surface area (Å²) < 4.78 is 40.5. The van der Waals surface area contributed by atoms with Crippen LogP contribution in [0.25, 0.3) is 0 Å². The van der Waals surface area contributed by atoms with Gasteiger partial charge in [-0.15, -0.1) is 11.3 Å². The second-order valence-electron chi connectivity index (χ2n) is 5.69. The largest absolute Gasteiger partial charge is 0.336 e. The van der Waals surface area contributed by atoms with Crippen molar-refractivity contribution in [2.75, 3.05) is 26.2 Å². The Kier molecular flexibility index (Phi) is 5.29. The van der Waals surface area contributed by atoms with Crippen LogP contribution in [0.1, 0.15) is 15.2 Å². The molecule has 0 atom stereocenters. The number of halogens is 2. The molecule has 1 aromatic heterocycles. The van der Waals surface area contributed by atoms with Crippen LogP contribution in [0.15, 0.2) is 39.0 Å². The first-order valence-corrected chi connectivity index (χ1v) is 10.6. The summed E-state index contributed by atoms with van der Waals surface area (Å²) in [5, 5.41) is 0. The molecule has 1 aliphatic heterocycles. The molecule has 5 nitrogen and oxygen atoms in total. The molecule has 2 heterocycles. The molecule has 3 rings (SSSR count). The Morgan fingerprint density at radius 1 is 1.16 bits per heavy atom. The van der Waals surface area contributed by atoms with Crippen molar-refractivity contribution >= 4 is 43.2 Å². The highest BCUT2D eigenvalue weighted by molar-refractivity contribution is 9.10. The van der Waals surface area contributed by atoms with Gasteiger partial charge in [-0.1, -0.05) is 0 Å². The van der Waals surface area contributed by atoms with Crippen LogP contribution in [0.4, 0.5) is 4.39 Å². The van der Waals surface area contributed by atoms with Gasteiger partial charge < -0.3 is 4.90 Å². The van der Waals surface area contributed by atoms with Gasteiger partial charge in [0, 0.05) is 35.5 Å². The average molecular weight is 447 g/mol. The van der Waals surface area contributed by atoms with Crippen molar-refractivity contribution in [3.05, 3.63) is 51.1 Å². The van der Waals surface area contributed by atoms with Crippen LogP contribution in [0, 0.1) is 12.7 Å². The standard InChI is InChI=1S/C16H16BrFN2O3S2/c1-11-2-5-15(24-11)25(22,23)20-8-6-19(7-9-20)16(21)13-4-3-12(18)10-14(13)17/h2-5,10H,6-9H2,1H3. The summed E-state index contributed by atoms with van der Waals surface area (Å²) in [6, 6.07) is 7.30. The molecule has 0 unspecified atom stereocenters. The van der Waals surface area contributed by atoms with Gasteiger partial charge >= 0.3 is 0 Å². The van der Waals surface area contributed by atoms with Crippen LogP contribution in [0.2, 0.25) is 0 Å². The summed E-state index contributed by atoms with van der Waals surface area (Å²) >= 11 is 4.44. The minimum Gasteiger partial charge on any atom is -0.336 e. The Labute approximate surface area is 158 Å². The van der Waals surface area contributed by atoms with E-state index in [4.69, 9.17) is 0 Å². The zero-order chi connectivity index (χ0) is 18.2. The summed E-state index contributed by atoms with van der Waals surface area (Å²) in [4.78, 5) is 15.1. The minimum atomic E-state index is -3.51. The maximum Gasteiger partial charge on any atom is 0.255 e. The lowest BCUT2D eigenvalue weighted by Crippen LogP contribution is -2.50. The molecule has 1 amide bonds. The molecule has 0 spiro atoms. The van der Waals surface area contributed by atoms with Crippen LogP contribution in [-0.4, -0.2) is 49.7 Å². The molecule has 25 heavy (non-hydrogen) atoms. The number of nitrogens with zero attached hydrogens (tertiary/aromatic N) is 2. The van der Waals surface area contributed by atoms with Gasteiger partial charge in [-0.25, -0.2) is 12.8 Å². The number of aryl methyl sites for hydroxylation is 1. The average Bonchev–Trinajstić information content (AvgIpc) is 3.02. The number of amides is 1. The molecule has 1 saturated heterocycles. The van der Waals surface area contributed by atoms with E-state index in [0.717, 1.165) is 4.88 Å². The van der Waals surface area contributed by atoms with Crippen LogP contribution < -0.4 is 0 Å². The SMILES string of the molecule is Cc1ccc(S(=O)(=O)N2CCN(C(=O)c3ccc(F)cc3Br)CC2)s1. The normalized spacial score (nSPS) is 16.2. The van der Waals surface area contributed by atoms with Gasteiger partial charge in [0.15, 0.2) is 0 Å². The lowest BCUT2D eigenvalue weighted by atomic mass is 10.2. The van der Waals surface area contributed by atoms with Gasteiger partial charge in [-0.3, -0.25) is 4.79 Å². The highest BCUT2D eigenvalue weighted by Gasteiger charge is 2.31. The van der Waals surface area contributed by atoms with E-state index in [-0.39, 0.29) is 19.0 Å². The number of hydrogen-bond donors (Lipinski definition) is 0. The number of benzene rings is 1. The van der Waals surface area contributed by atoms with Crippen molar-refractivity contribution < 1.29 is 17.6 Å². The maximum absolute atomic E-state index is 13.2. The molecule has 0 bridgehead atoms. The topological polar surface area (TPSA) is 57.7 Å². The Bertz CT molecular complexity index is 906. The van der Waals surface area contributed by atoms with E-state index in [0.29, 0.717) is 27.3 Å². The number of sulfonamides is 1. The van der Waals surface area contributed by atoms with Gasteiger partial charge in [0.1, 0.15) is 10.0 Å². The van der Waals surface area contributed by atoms with E-state index in [2.05, 4.69) is 15.9 Å². The van der Waals surface area contributed by atoms with Gasteiger partial charge in [0.05, 0.1) is 5.56 Å². The van der Waals surface area contributed by atoms with E-state index in [1.807, 2.05) is 6.92 Å². The van der Waals surface area contributed by atoms with Gasteiger partial charge in [-0.2, -0.15) is 4.31 Å². The fourth-order valence-electron chi connectivity index (χ4n) is 2.64. The Morgan fingerprint density at radius 3 is 2.40 bits per heavy atom. The third kappa shape index (κ3) is 3.79. The summed E-state index contributed by atoms with van der Waals surface area (Å²) in [6.07, 6.45) is 0. The zero-order valence-corrected chi connectivity index (χ0v) is 16.6. The summed E-state index contributed by atoms with van der Waals surface area (Å²) in [7, 11) is -3.51. The van der Waals surface area contributed by atoms with Crippen LogP contribution in [0.5, 0.6) is 0 Å². The third-order valence-corrected chi connectivity index (χ3v) is 8.02. The molecule has 1 aromatic carbocycles. The monoisotopic (exact) mass is 446 g/mol. The molecule has 0 saturated carbocycles. The molecular weight excluding hydrogens is 431 g/mol. The van der Waals surface area contributed by atoms with Crippen molar-refractivity contribution in [1.29, 1.82) is 0 Å². The number of rotatable bonds is 3. The minimum absolute atomic E-state index is 0.240. The fraction of sp³-hybridized carbons (Fsp3) is 0.312. The van der Waals surface area contributed by atoms with Gasteiger partial charge in [0.25, 0.3) is 15.9 Å². The predicted octanol–water partition coefficient (Wildman–Crippen LogP) is 3.10. The highest BCUT2D eigenvalue weighted by Crippen LogP contribution is 2.26. The number of hydrogen-bond acceptors (Lipinski definition) is 4. The van der Waals surface area contributed by atoms with Crippen molar-refractivity contribution in [3.8, 4) is 0 Å². The molecule has 134 valence electrons. The first-order chi connectivity index (χ1) is 11.8. The maximum atomic E-state index is 13.2. The first kappa shape index (κ1) is 18.5. The molecule has 2 aromatic rings. The molecular formula is C16H16BrFN2O3S2. The van der Waals surface area contributed by atoms with E-state index in [1.165, 1.54) is 33.8 Å². The lowest BCUT2D eigenvalue weighted by molar-refractivity contribution is 0.0697.